The van der Waals surface area contributed by atoms with E-state index in [1.807, 2.05) is 0 Å². The van der Waals surface area contributed by atoms with Crippen molar-refractivity contribution in [3.05, 3.63) is 22.6 Å². The van der Waals surface area contributed by atoms with Crippen molar-refractivity contribution in [1.29, 1.82) is 0 Å². The molecule has 1 amide bonds. The Morgan fingerprint density at radius 1 is 1.38 bits per heavy atom. The number of benzene rings is 1. The van der Waals surface area contributed by atoms with Gasteiger partial charge in [0.1, 0.15) is 0 Å². The first-order chi connectivity index (χ1) is 7.43. The minimum Gasteiger partial charge on any atom is -0.504 e. The molecule has 8 nitrogen and oxygen atoms in total. The van der Waals surface area contributed by atoms with Crippen LogP contribution in [0.15, 0.2) is 17.3 Å². The van der Waals surface area contributed by atoms with Gasteiger partial charge in [-0.2, -0.15) is 0 Å². The third-order valence-corrected chi connectivity index (χ3v) is 1.90. The molecule has 0 saturated carbocycles. The lowest BCUT2D eigenvalue weighted by Gasteiger charge is -2.14. The molecule has 0 saturated heterocycles. The molecule has 8 heteroatoms. The lowest BCUT2D eigenvalue weighted by atomic mass is 10.2. The minimum atomic E-state index is -1.91. The van der Waals surface area contributed by atoms with Gasteiger partial charge in [-0.25, -0.2) is 11.5 Å². The number of fused-ring (bicyclic) bond motifs is 1. The number of nitrogens with two attached hydrogens (primary N) is 2. The molecule has 0 aliphatic carbocycles. The smallest absolute Gasteiger partial charge is 0.376 e. The Morgan fingerprint density at radius 2 is 2.06 bits per heavy atom. The molecule has 0 radical (unpaired) electrons. The average Bonchev–Trinajstić information content (AvgIpc) is 2.52. The number of hydrogen-bond donors (Lipinski definition) is 3. The van der Waals surface area contributed by atoms with Crippen LogP contribution in [0.5, 0.6) is 17.2 Å². The molecule has 0 atom stereocenters. The van der Waals surface area contributed by atoms with Crippen molar-refractivity contribution < 1.29 is 19.4 Å². The van der Waals surface area contributed by atoms with Gasteiger partial charge in [0.25, 0.3) is 0 Å². The fraction of sp³-hybridized carbons (Fsp3) is 0.125. The summed E-state index contributed by atoms with van der Waals surface area (Å²) in [5.41, 5.74) is 10.5. The average molecular weight is 225 g/mol. The summed E-state index contributed by atoms with van der Waals surface area (Å²) in [6.07, 6.45) is 0. The highest BCUT2D eigenvalue weighted by Crippen LogP contribution is 2.43. The SMILES string of the molecule is NC1(N)Oc2cc(C(=O)N=O)cc(O)c2O1. The highest BCUT2D eigenvalue weighted by molar-refractivity contribution is 5.96. The van der Waals surface area contributed by atoms with Crippen LogP contribution in [0, 0.1) is 4.91 Å². The van der Waals surface area contributed by atoms with E-state index in [-0.39, 0.29) is 17.1 Å². The molecule has 16 heavy (non-hydrogen) atoms. The van der Waals surface area contributed by atoms with Crippen LogP contribution < -0.4 is 20.9 Å². The monoisotopic (exact) mass is 225 g/mol. The predicted molar refractivity (Wildman–Crippen MR) is 50.6 cm³/mol. The van der Waals surface area contributed by atoms with Gasteiger partial charge in [-0.05, 0) is 12.1 Å². The van der Waals surface area contributed by atoms with Gasteiger partial charge >= 0.3 is 11.9 Å². The molecular formula is C8H7N3O5. The lowest BCUT2D eigenvalue weighted by Crippen LogP contribution is -2.56. The normalized spacial score (nSPS) is 15.9. The van der Waals surface area contributed by atoms with Gasteiger partial charge in [-0.1, -0.05) is 0 Å². The van der Waals surface area contributed by atoms with Crippen LogP contribution in [0.25, 0.3) is 0 Å². The lowest BCUT2D eigenvalue weighted by molar-refractivity contribution is -0.0679. The van der Waals surface area contributed by atoms with Crippen LogP contribution in [0.1, 0.15) is 10.4 Å². The number of phenols is 1. The number of aromatic hydroxyl groups is 1. The first-order valence-electron chi connectivity index (χ1n) is 4.13. The van der Waals surface area contributed by atoms with E-state index in [4.69, 9.17) is 20.9 Å². The number of nitroso groups, excluding NO2 is 1. The fourth-order valence-corrected chi connectivity index (χ4v) is 1.29. The third kappa shape index (κ3) is 1.55. The molecule has 1 aromatic carbocycles. The Morgan fingerprint density at radius 3 is 2.69 bits per heavy atom. The van der Waals surface area contributed by atoms with E-state index in [9.17, 15) is 14.8 Å². The molecule has 0 fully saturated rings. The summed E-state index contributed by atoms with van der Waals surface area (Å²) in [6.45, 7) is 0. The van der Waals surface area contributed by atoms with Crippen LogP contribution in [0.3, 0.4) is 0 Å². The van der Waals surface area contributed by atoms with Crippen molar-refractivity contribution in [2.75, 3.05) is 0 Å². The largest absolute Gasteiger partial charge is 0.504 e. The molecule has 1 aromatic rings. The second-order valence-electron chi connectivity index (χ2n) is 3.14. The van der Waals surface area contributed by atoms with Crippen molar-refractivity contribution in [2.24, 2.45) is 16.6 Å². The molecule has 5 N–H and O–H groups in total. The Labute approximate surface area is 88.7 Å². The number of ether oxygens (including phenoxy) is 2. The summed E-state index contributed by atoms with van der Waals surface area (Å²) in [7, 11) is 0. The number of phenolic OH excluding ortho intramolecular Hbond substituents is 1. The summed E-state index contributed by atoms with van der Waals surface area (Å²) in [6, 6.07) is 0.254. The Bertz CT molecular complexity index is 485. The molecule has 84 valence electrons. The summed E-state index contributed by atoms with van der Waals surface area (Å²) in [5.74, 6) is -1.58. The zero-order valence-corrected chi connectivity index (χ0v) is 7.84. The molecule has 2 rings (SSSR count). The van der Waals surface area contributed by atoms with E-state index >= 15 is 0 Å². The standard InChI is InChI=1S/C8H7N3O5/c9-8(10)15-5-2-3(7(13)11-14)1-4(12)6(5)16-8/h1-2,12H,9-10H2. The third-order valence-electron chi connectivity index (χ3n) is 1.90. The van der Waals surface area contributed by atoms with Crippen molar-refractivity contribution in [3.63, 3.8) is 0 Å². The number of carbonyl (C=O) groups excluding carboxylic acids is 1. The number of carbonyl (C=O) groups is 1. The second kappa shape index (κ2) is 3.15. The van der Waals surface area contributed by atoms with E-state index in [1.54, 1.807) is 0 Å². The highest BCUT2D eigenvalue weighted by Gasteiger charge is 2.36. The summed E-state index contributed by atoms with van der Waals surface area (Å²) < 4.78 is 9.74. The van der Waals surface area contributed by atoms with Gasteiger partial charge in [-0.3, -0.25) is 4.79 Å². The maximum absolute atomic E-state index is 11.0. The zero-order chi connectivity index (χ0) is 11.9. The number of nitrogens with zero attached hydrogens (tertiary/aromatic N) is 1. The van der Waals surface area contributed by atoms with Gasteiger partial charge in [-0.15, -0.1) is 4.91 Å². The molecular weight excluding hydrogens is 218 g/mol. The van der Waals surface area contributed by atoms with Gasteiger partial charge in [0.15, 0.2) is 11.5 Å². The Balaban J connectivity index is 2.49. The molecule has 1 heterocycles. The predicted octanol–water partition coefficient (Wildman–Crippen LogP) is -0.401. The number of rotatable bonds is 1. The molecule has 0 spiro atoms. The van der Waals surface area contributed by atoms with E-state index in [0.29, 0.717) is 0 Å². The molecule has 1 aliphatic rings. The summed E-state index contributed by atoms with van der Waals surface area (Å²) in [5, 5.41) is 11.7. The van der Waals surface area contributed by atoms with Crippen LogP contribution >= 0.6 is 0 Å². The van der Waals surface area contributed by atoms with Crippen LogP contribution in [0.2, 0.25) is 0 Å². The van der Waals surface area contributed by atoms with Crippen molar-refractivity contribution in [3.8, 4) is 17.2 Å². The summed E-state index contributed by atoms with van der Waals surface area (Å²) in [4.78, 5) is 21.0. The Hall–Kier alpha value is -2.19. The fourth-order valence-electron chi connectivity index (χ4n) is 1.29. The van der Waals surface area contributed by atoms with E-state index in [2.05, 4.69) is 5.18 Å². The molecule has 1 aliphatic heterocycles. The maximum atomic E-state index is 11.0. The van der Waals surface area contributed by atoms with Gasteiger partial charge in [0, 0.05) is 5.18 Å². The van der Waals surface area contributed by atoms with Gasteiger partial charge < -0.3 is 14.6 Å². The number of hydrogen-bond acceptors (Lipinski definition) is 7. The quantitative estimate of drug-likeness (QED) is 0.436. The van der Waals surface area contributed by atoms with E-state index in [0.717, 1.165) is 12.1 Å². The topological polar surface area (TPSA) is 137 Å². The second-order valence-corrected chi connectivity index (χ2v) is 3.14. The van der Waals surface area contributed by atoms with Gasteiger partial charge in [0.2, 0.25) is 5.75 Å². The van der Waals surface area contributed by atoms with Crippen LogP contribution in [0.4, 0.5) is 0 Å². The zero-order valence-electron chi connectivity index (χ0n) is 7.84. The van der Waals surface area contributed by atoms with Crippen LogP contribution in [-0.4, -0.2) is 17.0 Å². The van der Waals surface area contributed by atoms with E-state index < -0.39 is 17.7 Å². The van der Waals surface area contributed by atoms with Crippen LogP contribution in [-0.2, 0) is 0 Å². The molecule has 0 bridgehead atoms. The van der Waals surface area contributed by atoms with Crippen molar-refractivity contribution in [1.82, 2.24) is 0 Å². The molecule has 0 unspecified atom stereocenters. The first kappa shape index (κ1) is 10.3. The molecule has 0 aromatic heterocycles. The first-order valence-corrected chi connectivity index (χ1v) is 4.13. The maximum Gasteiger partial charge on any atom is 0.376 e. The summed E-state index contributed by atoms with van der Waals surface area (Å²) >= 11 is 0. The minimum absolute atomic E-state index is 0.0306. The van der Waals surface area contributed by atoms with Crippen molar-refractivity contribution >= 4 is 5.91 Å². The highest BCUT2D eigenvalue weighted by atomic mass is 16.8. The van der Waals surface area contributed by atoms with Gasteiger partial charge in [0.05, 0.1) is 5.56 Å². The van der Waals surface area contributed by atoms with Crippen molar-refractivity contribution in [2.45, 2.75) is 6.03 Å². The number of amides is 1. The Kier molecular flexibility index (Phi) is 2.04. The van der Waals surface area contributed by atoms with E-state index in [1.165, 1.54) is 0 Å².